The zero-order valence-electron chi connectivity index (χ0n) is 12.9. The summed E-state index contributed by atoms with van der Waals surface area (Å²) in [5.41, 5.74) is 0.0853. The molecule has 0 aliphatic rings. The van der Waals surface area contributed by atoms with Crippen molar-refractivity contribution >= 4 is 11.0 Å². The molecule has 24 heavy (non-hydrogen) atoms. The average molecular weight is 330 g/mol. The van der Waals surface area contributed by atoms with E-state index in [1.165, 1.54) is 38.5 Å². The highest BCUT2D eigenvalue weighted by atomic mass is 16.5. The van der Waals surface area contributed by atoms with Crippen LogP contribution in [0.25, 0.3) is 22.3 Å². The van der Waals surface area contributed by atoms with Gasteiger partial charge in [-0.1, -0.05) is 0 Å². The molecule has 0 aliphatic carbocycles. The molecule has 124 valence electrons. The molecule has 1 aromatic heterocycles. The smallest absolute Gasteiger partial charge is 0.200 e. The molecule has 0 aliphatic heterocycles. The molecule has 0 unspecified atom stereocenters. The molecule has 3 rings (SSSR count). The van der Waals surface area contributed by atoms with Gasteiger partial charge in [0.15, 0.2) is 22.7 Å². The zero-order chi connectivity index (χ0) is 17.4. The van der Waals surface area contributed by atoms with Gasteiger partial charge in [-0.25, -0.2) is 0 Å². The van der Waals surface area contributed by atoms with E-state index >= 15 is 0 Å². The summed E-state index contributed by atoms with van der Waals surface area (Å²) in [5, 5.41) is 28.9. The third-order valence-electron chi connectivity index (χ3n) is 3.58. The number of methoxy groups -OCH3 is 2. The third kappa shape index (κ3) is 2.45. The van der Waals surface area contributed by atoms with E-state index in [1.807, 2.05) is 0 Å². The van der Waals surface area contributed by atoms with Crippen LogP contribution < -0.4 is 14.9 Å². The van der Waals surface area contributed by atoms with Gasteiger partial charge in [0, 0.05) is 23.8 Å². The van der Waals surface area contributed by atoms with E-state index in [9.17, 15) is 20.1 Å². The highest BCUT2D eigenvalue weighted by Crippen LogP contribution is 2.39. The van der Waals surface area contributed by atoms with Gasteiger partial charge < -0.3 is 29.2 Å². The van der Waals surface area contributed by atoms with Gasteiger partial charge in [0.25, 0.3) is 0 Å². The Morgan fingerprint density at radius 2 is 1.58 bits per heavy atom. The molecule has 2 aromatic carbocycles. The fourth-order valence-electron chi connectivity index (χ4n) is 2.40. The molecule has 3 N–H and O–H groups in total. The van der Waals surface area contributed by atoms with Crippen LogP contribution in [0.4, 0.5) is 0 Å². The Morgan fingerprint density at radius 3 is 2.17 bits per heavy atom. The second kappa shape index (κ2) is 5.69. The van der Waals surface area contributed by atoms with Gasteiger partial charge in [-0.2, -0.15) is 0 Å². The molecule has 7 heteroatoms. The SMILES string of the molecule is COc1cc(OC)c2c(=O)cc(-c3cc(O)c(O)c(O)c3)oc2c1. The van der Waals surface area contributed by atoms with Crippen LogP contribution in [0, 0.1) is 0 Å². The summed E-state index contributed by atoms with van der Waals surface area (Å²) < 4.78 is 16.0. The summed E-state index contributed by atoms with van der Waals surface area (Å²) >= 11 is 0. The lowest BCUT2D eigenvalue weighted by molar-refractivity contribution is 0.368. The second-order valence-corrected chi connectivity index (χ2v) is 5.04. The maximum Gasteiger partial charge on any atom is 0.200 e. The fourth-order valence-corrected chi connectivity index (χ4v) is 2.40. The number of hydrogen-bond donors (Lipinski definition) is 3. The number of benzene rings is 2. The van der Waals surface area contributed by atoms with Gasteiger partial charge >= 0.3 is 0 Å². The zero-order valence-corrected chi connectivity index (χ0v) is 12.9. The molecule has 0 fully saturated rings. The van der Waals surface area contributed by atoms with Crippen molar-refractivity contribution in [2.45, 2.75) is 0 Å². The van der Waals surface area contributed by atoms with Gasteiger partial charge in [-0.3, -0.25) is 4.79 Å². The van der Waals surface area contributed by atoms with Gasteiger partial charge in [-0.15, -0.1) is 0 Å². The first kappa shape index (κ1) is 15.5. The van der Waals surface area contributed by atoms with Crippen LogP contribution >= 0.6 is 0 Å². The van der Waals surface area contributed by atoms with Crippen molar-refractivity contribution in [1.82, 2.24) is 0 Å². The van der Waals surface area contributed by atoms with E-state index in [0.717, 1.165) is 0 Å². The second-order valence-electron chi connectivity index (χ2n) is 5.04. The molecule has 1 heterocycles. The molecule has 0 spiro atoms. The summed E-state index contributed by atoms with van der Waals surface area (Å²) in [6.07, 6.45) is 0. The summed E-state index contributed by atoms with van der Waals surface area (Å²) in [6.45, 7) is 0. The van der Waals surface area contributed by atoms with Crippen LogP contribution in [-0.4, -0.2) is 29.5 Å². The van der Waals surface area contributed by atoms with Crippen LogP contribution in [0.1, 0.15) is 0 Å². The van der Waals surface area contributed by atoms with Gasteiger partial charge in [0.2, 0.25) is 0 Å². The van der Waals surface area contributed by atoms with Crippen molar-refractivity contribution < 1.29 is 29.2 Å². The molecule has 0 amide bonds. The molecule has 0 saturated heterocycles. The van der Waals surface area contributed by atoms with Crippen LogP contribution in [0.2, 0.25) is 0 Å². The van der Waals surface area contributed by atoms with Crippen LogP contribution in [0.15, 0.2) is 39.5 Å². The number of phenols is 3. The van der Waals surface area contributed by atoms with E-state index in [4.69, 9.17) is 13.9 Å². The minimum Gasteiger partial charge on any atom is -0.504 e. The Bertz CT molecular complexity index is 965. The topological polar surface area (TPSA) is 109 Å². The lowest BCUT2D eigenvalue weighted by Crippen LogP contribution is -2.03. The van der Waals surface area contributed by atoms with Crippen molar-refractivity contribution in [3.8, 4) is 40.1 Å². The highest BCUT2D eigenvalue weighted by Gasteiger charge is 2.16. The molecular formula is C17H14O7. The molecule has 7 nitrogen and oxygen atoms in total. The van der Waals surface area contributed by atoms with E-state index in [1.54, 1.807) is 6.07 Å². The van der Waals surface area contributed by atoms with Crippen molar-refractivity contribution in [2.24, 2.45) is 0 Å². The minimum atomic E-state index is -0.648. The van der Waals surface area contributed by atoms with Gasteiger partial charge in [0.1, 0.15) is 28.2 Å². The van der Waals surface area contributed by atoms with E-state index in [-0.39, 0.29) is 27.7 Å². The number of fused-ring (bicyclic) bond motifs is 1. The fraction of sp³-hybridized carbons (Fsp3) is 0.118. The monoisotopic (exact) mass is 330 g/mol. The highest BCUT2D eigenvalue weighted by molar-refractivity contribution is 5.86. The summed E-state index contributed by atoms with van der Waals surface area (Å²) in [4.78, 5) is 12.4. The van der Waals surface area contributed by atoms with E-state index < -0.39 is 17.2 Å². The Hall–Kier alpha value is -3.35. The predicted octanol–water partition coefficient (Wildman–Crippen LogP) is 2.59. The summed E-state index contributed by atoms with van der Waals surface area (Å²) in [7, 11) is 2.90. The Morgan fingerprint density at radius 1 is 0.917 bits per heavy atom. The van der Waals surface area contributed by atoms with Gasteiger partial charge in [0.05, 0.1) is 14.2 Å². The number of rotatable bonds is 3. The van der Waals surface area contributed by atoms with Crippen LogP contribution in [-0.2, 0) is 0 Å². The van der Waals surface area contributed by atoms with Crippen LogP contribution in [0.3, 0.4) is 0 Å². The van der Waals surface area contributed by atoms with Crippen molar-refractivity contribution in [3.63, 3.8) is 0 Å². The van der Waals surface area contributed by atoms with E-state index in [0.29, 0.717) is 11.5 Å². The minimum absolute atomic E-state index is 0.105. The lowest BCUT2D eigenvalue weighted by atomic mass is 10.1. The molecule has 3 aromatic rings. The molecular weight excluding hydrogens is 316 g/mol. The Balaban J connectivity index is 2.30. The summed E-state index contributed by atoms with van der Waals surface area (Å²) in [6, 6.07) is 6.66. The molecule has 0 bridgehead atoms. The summed E-state index contributed by atoms with van der Waals surface area (Å²) in [5.74, 6) is -0.859. The maximum absolute atomic E-state index is 12.4. The first-order chi connectivity index (χ1) is 11.4. The van der Waals surface area contributed by atoms with Crippen molar-refractivity contribution in [3.05, 3.63) is 40.6 Å². The van der Waals surface area contributed by atoms with E-state index in [2.05, 4.69) is 0 Å². The maximum atomic E-state index is 12.4. The van der Waals surface area contributed by atoms with Gasteiger partial charge in [-0.05, 0) is 12.1 Å². The first-order valence-electron chi connectivity index (χ1n) is 6.89. The lowest BCUT2D eigenvalue weighted by Gasteiger charge is -2.10. The Kier molecular flexibility index (Phi) is 3.69. The predicted molar refractivity (Wildman–Crippen MR) is 86.0 cm³/mol. The van der Waals surface area contributed by atoms with Crippen LogP contribution in [0.5, 0.6) is 28.7 Å². The normalized spacial score (nSPS) is 10.8. The number of hydrogen-bond acceptors (Lipinski definition) is 7. The quantitative estimate of drug-likeness (QED) is 0.633. The number of aromatic hydroxyl groups is 3. The third-order valence-corrected chi connectivity index (χ3v) is 3.58. The Labute approximate surface area is 135 Å². The molecule has 0 radical (unpaired) electrons. The number of phenolic OH excluding ortho intramolecular Hbond substituents is 3. The largest absolute Gasteiger partial charge is 0.504 e. The van der Waals surface area contributed by atoms with Crippen molar-refractivity contribution in [1.29, 1.82) is 0 Å². The standard InChI is InChI=1S/C17H14O7/c1-22-9-5-14(23-2)16-10(18)7-13(24-15(16)6-9)8-3-11(19)17(21)12(20)4-8/h3-7,19-21H,1-2H3. The number of ether oxygens (including phenoxy) is 2. The molecule has 0 atom stereocenters. The van der Waals surface area contributed by atoms with Crippen molar-refractivity contribution in [2.75, 3.05) is 14.2 Å². The molecule has 0 saturated carbocycles. The first-order valence-corrected chi connectivity index (χ1v) is 6.89. The average Bonchev–Trinajstić information content (AvgIpc) is 2.57.